The summed E-state index contributed by atoms with van der Waals surface area (Å²) in [4.78, 5) is 22.9. The maximum atomic E-state index is 13.4. The average Bonchev–Trinajstić information content (AvgIpc) is 3.07. The maximum Gasteiger partial charge on any atom is 0.309 e. The standard InChI is InChI=1S/C13H13BrFNO3/c1-7-4-9(7)13(18)19-6-12(17)16-11-3-2-8(14)5-10(11)15/h2-3,5,7,9H,4,6H2,1H3,(H,16,17). The highest BCUT2D eigenvalue weighted by molar-refractivity contribution is 9.10. The lowest BCUT2D eigenvalue weighted by molar-refractivity contribution is -0.148. The Kier molecular flexibility index (Phi) is 4.19. The van der Waals surface area contributed by atoms with Gasteiger partial charge in [-0.25, -0.2) is 4.39 Å². The first-order valence-corrected chi connectivity index (χ1v) is 6.68. The molecule has 2 rings (SSSR count). The quantitative estimate of drug-likeness (QED) is 0.864. The summed E-state index contributed by atoms with van der Waals surface area (Å²) >= 11 is 3.12. The van der Waals surface area contributed by atoms with Crippen LogP contribution in [0, 0.1) is 17.7 Å². The van der Waals surface area contributed by atoms with Crippen LogP contribution in [-0.2, 0) is 14.3 Å². The number of rotatable bonds is 4. The van der Waals surface area contributed by atoms with Crippen molar-refractivity contribution in [3.05, 3.63) is 28.5 Å². The third-order valence-electron chi connectivity index (χ3n) is 2.96. The molecule has 4 nitrogen and oxygen atoms in total. The third kappa shape index (κ3) is 3.76. The van der Waals surface area contributed by atoms with Gasteiger partial charge in [0.05, 0.1) is 11.6 Å². The van der Waals surface area contributed by atoms with Crippen molar-refractivity contribution in [1.29, 1.82) is 0 Å². The second-order valence-corrected chi connectivity index (χ2v) is 5.52. The number of esters is 1. The van der Waals surface area contributed by atoms with E-state index in [1.165, 1.54) is 12.1 Å². The average molecular weight is 330 g/mol. The van der Waals surface area contributed by atoms with Gasteiger partial charge in [-0.2, -0.15) is 0 Å². The van der Waals surface area contributed by atoms with E-state index in [0.29, 0.717) is 10.4 Å². The summed E-state index contributed by atoms with van der Waals surface area (Å²) in [7, 11) is 0. The van der Waals surface area contributed by atoms with Crippen molar-refractivity contribution < 1.29 is 18.7 Å². The molecule has 0 aliphatic heterocycles. The molecule has 1 aromatic carbocycles. The van der Waals surface area contributed by atoms with Crippen molar-refractivity contribution in [2.24, 2.45) is 11.8 Å². The Morgan fingerprint density at radius 2 is 2.21 bits per heavy atom. The highest BCUT2D eigenvalue weighted by Crippen LogP contribution is 2.38. The molecule has 1 saturated carbocycles. The van der Waals surface area contributed by atoms with E-state index in [9.17, 15) is 14.0 Å². The van der Waals surface area contributed by atoms with Crippen LogP contribution in [0.3, 0.4) is 0 Å². The first-order valence-electron chi connectivity index (χ1n) is 5.89. The summed E-state index contributed by atoms with van der Waals surface area (Å²) in [5.74, 6) is -1.22. The Labute approximate surface area is 118 Å². The van der Waals surface area contributed by atoms with Crippen LogP contribution in [0.1, 0.15) is 13.3 Å². The molecule has 2 unspecified atom stereocenters. The first kappa shape index (κ1) is 14.0. The Morgan fingerprint density at radius 3 is 2.79 bits per heavy atom. The number of hydrogen-bond acceptors (Lipinski definition) is 3. The first-order chi connectivity index (χ1) is 8.97. The number of carbonyl (C=O) groups excluding carboxylic acids is 2. The van der Waals surface area contributed by atoms with Gasteiger partial charge in [0, 0.05) is 4.47 Å². The Bertz CT molecular complexity index is 521. The minimum atomic E-state index is -0.553. The second-order valence-electron chi connectivity index (χ2n) is 4.60. The van der Waals surface area contributed by atoms with E-state index in [1.54, 1.807) is 6.07 Å². The molecule has 1 fully saturated rings. The van der Waals surface area contributed by atoms with Gasteiger partial charge in [-0.15, -0.1) is 0 Å². The van der Waals surface area contributed by atoms with Crippen molar-refractivity contribution in [3.8, 4) is 0 Å². The maximum absolute atomic E-state index is 13.4. The predicted octanol–water partition coefficient (Wildman–Crippen LogP) is 2.73. The molecular weight excluding hydrogens is 317 g/mol. The second kappa shape index (κ2) is 5.69. The number of halogens is 2. The zero-order valence-electron chi connectivity index (χ0n) is 10.3. The Hall–Kier alpha value is -1.43. The molecule has 1 N–H and O–H groups in total. The number of ether oxygens (including phenoxy) is 1. The minimum absolute atomic E-state index is 0.0593. The molecule has 0 saturated heterocycles. The smallest absolute Gasteiger partial charge is 0.309 e. The van der Waals surface area contributed by atoms with E-state index in [1.807, 2.05) is 6.92 Å². The monoisotopic (exact) mass is 329 g/mol. The lowest BCUT2D eigenvalue weighted by Crippen LogP contribution is -2.22. The van der Waals surface area contributed by atoms with Gasteiger partial charge in [0.2, 0.25) is 0 Å². The zero-order valence-corrected chi connectivity index (χ0v) is 11.9. The van der Waals surface area contributed by atoms with Crippen LogP contribution >= 0.6 is 15.9 Å². The van der Waals surface area contributed by atoms with Crippen LogP contribution in [0.5, 0.6) is 0 Å². The summed E-state index contributed by atoms with van der Waals surface area (Å²) in [5.41, 5.74) is 0.0593. The van der Waals surface area contributed by atoms with Crippen LogP contribution in [0.25, 0.3) is 0 Å². The molecule has 0 aromatic heterocycles. The topological polar surface area (TPSA) is 55.4 Å². The number of nitrogens with one attached hydrogen (secondary N) is 1. The number of anilines is 1. The molecule has 1 amide bonds. The van der Waals surface area contributed by atoms with Crippen LogP contribution in [0.2, 0.25) is 0 Å². The van der Waals surface area contributed by atoms with Gasteiger partial charge in [-0.05, 0) is 30.5 Å². The molecule has 1 aromatic rings. The van der Waals surface area contributed by atoms with Gasteiger partial charge in [0.25, 0.3) is 5.91 Å². The van der Waals surface area contributed by atoms with Gasteiger partial charge in [0.1, 0.15) is 5.82 Å². The van der Waals surface area contributed by atoms with Crippen molar-refractivity contribution >= 4 is 33.5 Å². The molecule has 2 atom stereocenters. The fourth-order valence-corrected chi connectivity index (χ4v) is 2.00. The van der Waals surface area contributed by atoms with Gasteiger partial charge in [-0.3, -0.25) is 9.59 Å². The van der Waals surface area contributed by atoms with Crippen molar-refractivity contribution in [2.45, 2.75) is 13.3 Å². The van der Waals surface area contributed by atoms with Gasteiger partial charge in [0.15, 0.2) is 6.61 Å². The molecule has 19 heavy (non-hydrogen) atoms. The number of hydrogen-bond donors (Lipinski definition) is 1. The van der Waals surface area contributed by atoms with E-state index in [-0.39, 0.29) is 17.6 Å². The fourth-order valence-electron chi connectivity index (χ4n) is 1.67. The SMILES string of the molecule is CC1CC1C(=O)OCC(=O)Nc1ccc(Br)cc1F. The number of benzene rings is 1. The normalized spacial score (nSPS) is 20.8. The molecule has 0 heterocycles. The van der Waals surface area contributed by atoms with Crippen LogP contribution in [0.4, 0.5) is 10.1 Å². The summed E-state index contributed by atoms with van der Waals surface area (Å²) in [6.45, 7) is 1.56. The minimum Gasteiger partial charge on any atom is -0.455 e. The van der Waals surface area contributed by atoms with E-state index in [0.717, 1.165) is 6.42 Å². The van der Waals surface area contributed by atoms with E-state index in [4.69, 9.17) is 4.74 Å². The third-order valence-corrected chi connectivity index (χ3v) is 3.46. The summed E-state index contributed by atoms with van der Waals surface area (Å²) in [6, 6.07) is 4.28. The van der Waals surface area contributed by atoms with Crippen LogP contribution in [-0.4, -0.2) is 18.5 Å². The lowest BCUT2D eigenvalue weighted by Gasteiger charge is -2.07. The van der Waals surface area contributed by atoms with Crippen LogP contribution < -0.4 is 5.32 Å². The molecule has 102 valence electrons. The zero-order chi connectivity index (χ0) is 14.0. The lowest BCUT2D eigenvalue weighted by atomic mass is 10.3. The Morgan fingerprint density at radius 1 is 1.53 bits per heavy atom. The molecular formula is C13H13BrFNO3. The van der Waals surface area contributed by atoms with E-state index < -0.39 is 18.3 Å². The molecule has 1 aliphatic carbocycles. The van der Waals surface area contributed by atoms with Crippen molar-refractivity contribution in [3.63, 3.8) is 0 Å². The molecule has 1 aliphatic rings. The van der Waals surface area contributed by atoms with E-state index in [2.05, 4.69) is 21.2 Å². The van der Waals surface area contributed by atoms with Gasteiger partial charge < -0.3 is 10.1 Å². The fraction of sp³-hybridized carbons (Fsp3) is 0.385. The van der Waals surface area contributed by atoms with Crippen LogP contribution in [0.15, 0.2) is 22.7 Å². The van der Waals surface area contributed by atoms with Gasteiger partial charge >= 0.3 is 5.97 Å². The van der Waals surface area contributed by atoms with Crippen molar-refractivity contribution in [2.75, 3.05) is 11.9 Å². The molecule has 0 radical (unpaired) electrons. The van der Waals surface area contributed by atoms with E-state index >= 15 is 0 Å². The van der Waals surface area contributed by atoms with Gasteiger partial charge in [-0.1, -0.05) is 22.9 Å². The number of carbonyl (C=O) groups is 2. The summed E-state index contributed by atoms with van der Waals surface area (Å²) in [6.07, 6.45) is 0.807. The summed E-state index contributed by atoms with van der Waals surface area (Å²) in [5, 5.41) is 2.35. The molecule has 6 heteroatoms. The predicted molar refractivity (Wildman–Crippen MR) is 71.0 cm³/mol. The van der Waals surface area contributed by atoms with Crippen molar-refractivity contribution in [1.82, 2.24) is 0 Å². The highest BCUT2D eigenvalue weighted by Gasteiger charge is 2.40. The highest BCUT2D eigenvalue weighted by atomic mass is 79.9. The molecule has 0 bridgehead atoms. The number of amides is 1. The largest absolute Gasteiger partial charge is 0.455 e. The molecule has 0 spiro atoms. The Balaban J connectivity index is 1.82. The summed E-state index contributed by atoms with van der Waals surface area (Å²) < 4.78 is 18.9.